The van der Waals surface area contributed by atoms with Gasteiger partial charge in [0.1, 0.15) is 5.60 Å². The summed E-state index contributed by atoms with van der Waals surface area (Å²) in [6.07, 6.45) is 0.813. The molecule has 1 fully saturated rings. The van der Waals surface area contributed by atoms with Crippen LogP contribution in [0.15, 0.2) is 0 Å². The summed E-state index contributed by atoms with van der Waals surface area (Å²) in [6, 6.07) is 0. The zero-order valence-electron chi connectivity index (χ0n) is 17.9. The van der Waals surface area contributed by atoms with Crippen molar-refractivity contribution >= 4 is 26.2 Å². The van der Waals surface area contributed by atoms with Gasteiger partial charge in [-0.2, -0.15) is 11.8 Å². The molecule has 0 aromatic rings. The number of likely N-dealkylation sites (tertiary alicyclic amines) is 1. The third-order valence-corrected chi connectivity index (χ3v) is 10.7. The molecular formula is C19H39NO4SSi. The molecule has 0 saturated carbocycles. The van der Waals surface area contributed by atoms with Crippen LogP contribution < -0.4 is 0 Å². The number of thioether (sulfide) groups is 1. The van der Waals surface area contributed by atoms with Crippen molar-refractivity contribution in [2.45, 2.75) is 77.8 Å². The van der Waals surface area contributed by atoms with Gasteiger partial charge in [0.2, 0.25) is 0 Å². The Morgan fingerprint density at radius 3 is 2.27 bits per heavy atom. The number of amides is 1. The lowest BCUT2D eigenvalue weighted by Crippen LogP contribution is -2.46. The Bertz CT molecular complexity index is 459. The van der Waals surface area contributed by atoms with Gasteiger partial charge in [-0.05, 0) is 51.1 Å². The van der Waals surface area contributed by atoms with Crippen LogP contribution in [0.2, 0.25) is 18.1 Å². The van der Waals surface area contributed by atoms with E-state index in [1.54, 1.807) is 11.8 Å². The molecule has 2 atom stereocenters. The van der Waals surface area contributed by atoms with Gasteiger partial charge in [-0.15, -0.1) is 0 Å². The Morgan fingerprint density at radius 1 is 1.15 bits per heavy atom. The molecule has 0 bridgehead atoms. The van der Waals surface area contributed by atoms with E-state index in [1.807, 2.05) is 25.7 Å². The summed E-state index contributed by atoms with van der Waals surface area (Å²) in [7, 11) is -1.90. The predicted molar refractivity (Wildman–Crippen MR) is 112 cm³/mol. The summed E-state index contributed by atoms with van der Waals surface area (Å²) in [5.74, 6) is 2.06. The SMILES string of the molecule is CC(C)(C)OC(=O)N1CC(CCSCCO)C(O[Si](C)(C)C(C)(C)C)C1. The topological polar surface area (TPSA) is 59.0 Å². The third kappa shape index (κ3) is 7.41. The van der Waals surface area contributed by atoms with Gasteiger partial charge >= 0.3 is 6.09 Å². The fourth-order valence-corrected chi connectivity index (χ4v) is 4.86. The number of rotatable bonds is 7. The van der Waals surface area contributed by atoms with Crippen molar-refractivity contribution in [1.82, 2.24) is 4.90 Å². The molecule has 1 saturated heterocycles. The summed E-state index contributed by atoms with van der Waals surface area (Å²) in [6.45, 7) is 18.5. The van der Waals surface area contributed by atoms with Crippen molar-refractivity contribution in [3.8, 4) is 0 Å². The standard InChI is InChI=1S/C19H39NO4SSi/c1-18(2,3)23-17(22)20-13-15(9-11-25-12-10-21)16(14-20)24-26(7,8)19(4,5)6/h15-16,21H,9-14H2,1-8H3. The summed E-state index contributed by atoms with van der Waals surface area (Å²) in [5, 5.41) is 9.11. The smallest absolute Gasteiger partial charge is 0.410 e. The van der Waals surface area contributed by atoms with Gasteiger partial charge in [-0.3, -0.25) is 0 Å². The molecule has 1 rings (SSSR count). The summed E-state index contributed by atoms with van der Waals surface area (Å²) in [5.41, 5.74) is -0.484. The van der Waals surface area contributed by atoms with E-state index in [1.165, 1.54) is 0 Å². The molecule has 0 radical (unpaired) electrons. The van der Waals surface area contributed by atoms with Crippen molar-refractivity contribution in [1.29, 1.82) is 0 Å². The first-order valence-electron chi connectivity index (χ1n) is 9.61. The van der Waals surface area contributed by atoms with Gasteiger partial charge < -0.3 is 19.2 Å². The average Bonchev–Trinajstić information content (AvgIpc) is 2.83. The maximum Gasteiger partial charge on any atom is 0.410 e. The van der Waals surface area contributed by atoms with Gasteiger partial charge in [0.15, 0.2) is 8.32 Å². The Hall–Kier alpha value is -0.243. The summed E-state index contributed by atoms with van der Waals surface area (Å²) >= 11 is 1.76. The Balaban J connectivity index is 2.80. The number of nitrogens with zero attached hydrogens (tertiary/aromatic N) is 1. The minimum atomic E-state index is -1.90. The molecule has 2 unspecified atom stereocenters. The van der Waals surface area contributed by atoms with E-state index in [9.17, 15) is 4.79 Å². The fraction of sp³-hybridized carbons (Fsp3) is 0.947. The molecule has 1 heterocycles. The monoisotopic (exact) mass is 405 g/mol. The molecule has 1 amide bonds. The first-order chi connectivity index (χ1) is 11.8. The zero-order valence-corrected chi connectivity index (χ0v) is 19.7. The highest BCUT2D eigenvalue weighted by atomic mass is 32.2. The number of hydrogen-bond donors (Lipinski definition) is 1. The van der Waals surface area contributed by atoms with E-state index >= 15 is 0 Å². The minimum Gasteiger partial charge on any atom is -0.444 e. The molecule has 154 valence electrons. The van der Waals surface area contributed by atoms with E-state index in [4.69, 9.17) is 14.3 Å². The lowest BCUT2D eigenvalue weighted by atomic mass is 10.0. The number of aliphatic hydroxyl groups excluding tert-OH is 1. The van der Waals surface area contributed by atoms with Gasteiger partial charge in [-0.25, -0.2) is 4.79 Å². The van der Waals surface area contributed by atoms with Crippen molar-refractivity contribution in [2.75, 3.05) is 31.2 Å². The van der Waals surface area contributed by atoms with E-state index in [-0.39, 0.29) is 23.8 Å². The van der Waals surface area contributed by atoms with Crippen molar-refractivity contribution in [2.24, 2.45) is 5.92 Å². The van der Waals surface area contributed by atoms with Crippen molar-refractivity contribution in [3.05, 3.63) is 0 Å². The molecule has 1 N–H and O–H groups in total. The molecule has 0 aromatic heterocycles. The molecule has 1 aliphatic rings. The molecule has 26 heavy (non-hydrogen) atoms. The molecule has 5 nitrogen and oxygen atoms in total. The van der Waals surface area contributed by atoms with E-state index in [0.29, 0.717) is 19.0 Å². The number of aliphatic hydroxyl groups is 1. The van der Waals surface area contributed by atoms with Crippen LogP contribution in [0.1, 0.15) is 48.0 Å². The van der Waals surface area contributed by atoms with E-state index < -0.39 is 13.9 Å². The van der Waals surface area contributed by atoms with E-state index in [2.05, 4.69) is 33.9 Å². The van der Waals surface area contributed by atoms with Crippen molar-refractivity contribution < 1.29 is 19.1 Å². The van der Waals surface area contributed by atoms with Gasteiger partial charge in [-0.1, -0.05) is 20.8 Å². The Labute approximate surface area is 165 Å². The molecule has 0 aromatic carbocycles. The molecular weight excluding hydrogens is 366 g/mol. The second kappa shape index (κ2) is 9.30. The average molecular weight is 406 g/mol. The predicted octanol–water partition coefficient (Wildman–Crippen LogP) is 4.36. The second-order valence-corrected chi connectivity index (χ2v) is 15.7. The van der Waals surface area contributed by atoms with Gasteiger partial charge in [0.25, 0.3) is 0 Å². The maximum absolute atomic E-state index is 12.5. The Kier molecular flexibility index (Phi) is 8.51. The number of carbonyl (C=O) groups is 1. The highest BCUT2D eigenvalue weighted by Crippen LogP contribution is 2.39. The minimum absolute atomic E-state index is 0.0677. The van der Waals surface area contributed by atoms with Crippen LogP contribution in [0.3, 0.4) is 0 Å². The quantitative estimate of drug-likeness (QED) is 0.504. The van der Waals surface area contributed by atoms with Crippen LogP contribution in [-0.2, 0) is 9.16 Å². The van der Waals surface area contributed by atoms with Crippen LogP contribution >= 0.6 is 11.8 Å². The molecule has 1 aliphatic heterocycles. The molecule has 0 aliphatic carbocycles. The van der Waals surface area contributed by atoms with Crippen LogP contribution in [0.25, 0.3) is 0 Å². The largest absolute Gasteiger partial charge is 0.444 e. The third-order valence-electron chi connectivity index (χ3n) is 5.15. The fourth-order valence-electron chi connectivity index (χ4n) is 2.68. The maximum atomic E-state index is 12.5. The lowest BCUT2D eigenvalue weighted by Gasteiger charge is -2.39. The summed E-state index contributed by atoms with van der Waals surface area (Å²) < 4.78 is 12.2. The second-order valence-electron chi connectivity index (χ2n) is 9.69. The van der Waals surface area contributed by atoms with Crippen LogP contribution in [0.4, 0.5) is 4.79 Å². The van der Waals surface area contributed by atoms with Crippen molar-refractivity contribution in [3.63, 3.8) is 0 Å². The highest BCUT2D eigenvalue weighted by Gasteiger charge is 2.44. The first kappa shape index (κ1) is 23.8. The van der Waals surface area contributed by atoms with E-state index in [0.717, 1.165) is 17.9 Å². The normalized spacial score (nSPS) is 22.0. The Morgan fingerprint density at radius 2 is 1.77 bits per heavy atom. The number of hydrogen-bond acceptors (Lipinski definition) is 5. The molecule has 7 heteroatoms. The number of carbonyl (C=O) groups excluding carboxylic acids is 1. The summed E-state index contributed by atoms with van der Waals surface area (Å²) in [4.78, 5) is 14.3. The van der Waals surface area contributed by atoms with Gasteiger partial charge in [0, 0.05) is 24.8 Å². The molecule has 0 spiro atoms. The van der Waals surface area contributed by atoms with Gasteiger partial charge in [0.05, 0.1) is 12.7 Å². The van der Waals surface area contributed by atoms with Crippen LogP contribution in [0, 0.1) is 5.92 Å². The van der Waals surface area contributed by atoms with Crippen LogP contribution in [-0.4, -0.2) is 67.3 Å². The first-order valence-corrected chi connectivity index (χ1v) is 13.7. The lowest BCUT2D eigenvalue weighted by molar-refractivity contribution is 0.0272. The highest BCUT2D eigenvalue weighted by molar-refractivity contribution is 7.99. The number of ether oxygens (including phenoxy) is 1. The zero-order chi connectivity index (χ0) is 20.2. The van der Waals surface area contributed by atoms with Crippen LogP contribution in [0.5, 0.6) is 0 Å².